The normalized spacial score (nSPS) is 9.53. The van der Waals surface area contributed by atoms with Gasteiger partial charge < -0.3 is 0 Å². The first-order chi connectivity index (χ1) is 8.25. The SMILES string of the molecule is Clc1ccc(N=C=C(Br)c2ccccc2)cc1. The molecule has 3 heteroatoms. The second-order valence-corrected chi connectivity index (χ2v) is 4.61. The topological polar surface area (TPSA) is 12.4 Å². The molecule has 0 spiro atoms. The Morgan fingerprint density at radius 2 is 1.65 bits per heavy atom. The van der Waals surface area contributed by atoms with E-state index in [9.17, 15) is 0 Å². The first-order valence-electron chi connectivity index (χ1n) is 5.06. The summed E-state index contributed by atoms with van der Waals surface area (Å²) < 4.78 is 0.827. The van der Waals surface area contributed by atoms with Crippen molar-refractivity contribution >= 4 is 43.6 Å². The number of nitrogens with zero attached hydrogens (tertiary/aromatic N) is 1. The Labute approximate surface area is 114 Å². The van der Waals surface area contributed by atoms with Gasteiger partial charge in [-0.2, -0.15) is 0 Å². The quantitative estimate of drug-likeness (QED) is 0.686. The lowest BCUT2D eigenvalue weighted by Crippen LogP contribution is -1.74. The van der Waals surface area contributed by atoms with Gasteiger partial charge in [0, 0.05) is 10.9 Å². The van der Waals surface area contributed by atoms with Crippen molar-refractivity contribution < 1.29 is 0 Å². The first kappa shape index (κ1) is 12.1. The molecule has 0 atom stereocenters. The third-order valence-corrected chi connectivity index (χ3v) is 3.02. The van der Waals surface area contributed by atoms with Crippen LogP contribution in [-0.4, -0.2) is 5.87 Å². The van der Waals surface area contributed by atoms with Crippen LogP contribution in [0.2, 0.25) is 5.02 Å². The van der Waals surface area contributed by atoms with Crippen molar-refractivity contribution in [3.8, 4) is 0 Å². The average molecular weight is 307 g/mol. The van der Waals surface area contributed by atoms with E-state index in [1.165, 1.54) is 0 Å². The molecule has 0 radical (unpaired) electrons. The van der Waals surface area contributed by atoms with Gasteiger partial charge in [0.15, 0.2) is 0 Å². The Hall–Kier alpha value is -1.34. The minimum absolute atomic E-state index is 0.704. The summed E-state index contributed by atoms with van der Waals surface area (Å²) in [6.07, 6.45) is 0. The summed E-state index contributed by atoms with van der Waals surface area (Å²) in [4.78, 5) is 4.23. The van der Waals surface area contributed by atoms with Gasteiger partial charge in [-0.15, -0.1) is 0 Å². The molecule has 0 heterocycles. The smallest absolute Gasteiger partial charge is 0.0861 e. The van der Waals surface area contributed by atoms with Crippen molar-refractivity contribution in [1.29, 1.82) is 0 Å². The van der Waals surface area contributed by atoms with E-state index in [1.54, 1.807) is 12.1 Å². The predicted molar refractivity (Wildman–Crippen MR) is 77.3 cm³/mol. The molecule has 2 aromatic carbocycles. The van der Waals surface area contributed by atoms with Crippen molar-refractivity contribution in [3.05, 3.63) is 65.2 Å². The maximum Gasteiger partial charge on any atom is 0.0861 e. The van der Waals surface area contributed by atoms with Crippen LogP contribution in [0, 0.1) is 0 Å². The van der Waals surface area contributed by atoms with Crippen LogP contribution in [0.15, 0.2) is 59.6 Å². The maximum absolute atomic E-state index is 5.79. The van der Waals surface area contributed by atoms with Crippen molar-refractivity contribution in [3.63, 3.8) is 0 Å². The van der Waals surface area contributed by atoms with Crippen LogP contribution < -0.4 is 0 Å². The van der Waals surface area contributed by atoms with Gasteiger partial charge in [0.05, 0.1) is 10.2 Å². The summed E-state index contributed by atoms with van der Waals surface area (Å²) in [7, 11) is 0. The molecule has 0 amide bonds. The zero-order valence-electron chi connectivity index (χ0n) is 8.90. The van der Waals surface area contributed by atoms with Gasteiger partial charge in [0.1, 0.15) is 0 Å². The van der Waals surface area contributed by atoms with E-state index in [4.69, 9.17) is 11.6 Å². The maximum atomic E-state index is 5.79. The molecule has 0 fully saturated rings. The van der Waals surface area contributed by atoms with E-state index in [1.807, 2.05) is 42.5 Å². The molecule has 0 unspecified atom stereocenters. The Morgan fingerprint density at radius 3 is 2.29 bits per heavy atom. The van der Waals surface area contributed by atoms with Crippen LogP contribution in [0.3, 0.4) is 0 Å². The van der Waals surface area contributed by atoms with Crippen molar-refractivity contribution in [2.45, 2.75) is 0 Å². The van der Waals surface area contributed by atoms with E-state index in [0.29, 0.717) is 5.02 Å². The number of rotatable bonds is 2. The van der Waals surface area contributed by atoms with Crippen LogP contribution in [0.25, 0.3) is 4.48 Å². The summed E-state index contributed by atoms with van der Waals surface area (Å²) in [6, 6.07) is 17.2. The van der Waals surface area contributed by atoms with Gasteiger partial charge in [-0.3, -0.25) is 0 Å². The molecule has 0 bridgehead atoms. The molecule has 0 aliphatic carbocycles. The van der Waals surface area contributed by atoms with Crippen LogP contribution in [-0.2, 0) is 0 Å². The van der Waals surface area contributed by atoms with Gasteiger partial charge in [-0.1, -0.05) is 41.9 Å². The average Bonchev–Trinajstić information content (AvgIpc) is 2.39. The molecule has 17 heavy (non-hydrogen) atoms. The van der Waals surface area contributed by atoms with Gasteiger partial charge in [-0.25, -0.2) is 4.99 Å². The fourth-order valence-corrected chi connectivity index (χ4v) is 1.76. The van der Waals surface area contributed by atoms with E-state index >= 15 is 0 Å². The Morgan fingerprint density at radius 1 is 1.00 bits per heavy atom. The summed E-state index contributed by atoms with van der Waals surface area (Å²) in [5.41, 5.74) is 1.87. The third-order valence-electron chi connectivity index (χ3n) is 2.14. The fraction of sp³-hybridized carbons (Fsp3) is 0. The van der Waals surface area contributed by atoms with Crippen molar-refractivity contribution in [2.75, 3.05) is 0 Å². The van der Waals surface area contributed by atoms with Crippen LogP contribution in [0.5, 0.6) is 0 Å². The summed E-state index contributed by atoms with van der Waals surface area (Å²) >= 11 is 9.24. The molecule has 1 nitrogen and oxygen atoms in total. The molecule has 0 saturated heterocycles. The largest absolute Gasteiger partial charge is 0.205 e. The van der Waals surface area contributed by atoms with Gasteiger partial charge in [0.2, 0.25) is 0 Å². The molecule has 2 aromatic rings. The van der Waals surface area contributed by atoms with Crippen molar-refractivity contribution in [2.24, 2.45) is 4.99 Å². The Kier molecular flexibility index (Phi) is 4.16. The molecule has 0 aromatic heterocycles. The number of halogens is 2. The van der Waals surface area contributed by atoms with Gasteiger partial charge >= 0.3 is 0 Å². The lowest BCUT2D eigenvalue weighted by Gasteiger charge is -1.94. The number of hydrogen-bond acceptors (Lipinski definition) is 1. The zero-order valence-corrected chi connectivity index (χ0v) is 11.2. The summed E-state index contributed by atoms with van der Waals surface area (Å²) in [5, 5.41) is 0.704. The highest BCUT2D eigenvalue weighted by atomic mass is 79.9. The molecule has 0 aliphatic rings. The van der Waals surface area contributed by atoms with Crippen LogP contribution in [0.1, 0.15) is 5.56 Å². The molecule has 0 N–H and O–H groups in total. The van der Waals surface area contributed by atoms with E-state index in [-0.39, 0.29) is 0 Å². The van der Waals surface area contributed by atoms with Crippen LogP contribution >= 0.6 is 27.5 Å². The first-order valence-corrected chi connectivity index (χ1v) is 6.23. The lowest BCUT2D eigenvalue weighted by atomic mass is 10.2. The highest BCUT2D eigenvalue weighted by molar-refractivity contribution is 9.15. The van der Waals surface area contributed by atoms with Gasteiger partial charge in [-0.05, 0) is 45.8 Å². The zero-order chi connectivity index (χ0) is 12.1. The molecule has 0 aliphatic heterocycles. The van der Waals surface area contributed by atoms with E-state index < -0.39 is 0 Å². The predicted octanol–water partition coefficient (Wildman–Crippen LogP) is 5.08. The molecular weight excluding hydrogens is 298 g/mol. The number of aliphatic imine (C=N–C) groups is 1. The lowest BCUT2D eigenvalue weighted by molar-refractivity contribution is 1.55. The van der Waals surface area contributed by atoms with Gasteiger partial charge in [0.25, 0.3) is 0 Å². The molecule has 84 valence electrons. The minimum atomic E-state index is 0.704. The van der Waals surface area contributed by atoms with E-state index in [0.717, 1.165) is 15.7 Å². The standard InChI is InChI=1S/C14H9BrClN/c15-14(11-4-2-1-3-5-11)10-17-13-8-6-12(16)7-9-13/h1-9H. The van der Waals surface area contributed by atoms with Crippen LogP contribution in [0.4, 0.5) is 5.69 Å². The summed E-state index contributed by atoms with van der Waals surface area (Å²) in [5.74, 6) is 2.95. The molecule has 2 rings (SSSR count). The molecular formula is C14H9BrClN. The second kappa shape index (κ2) is 5.83. The summed E-state index contributed by atoms with van der Waals surface area (Å²) in [6.45, 7) is 0. The highest BCUT2D eigenvalue weighted by Gasteiger charge is 1.94. The molecule has 0 saturated carbocycles. The second-order valence-electron chi connectivity index (χ2n) is 3.38. The Balaban J connectivity index is 2.27. The monoisotopic (exact) mass is 305 g/mol. The number of hydrogen-bond donors (Lipinski definition) is 0. The third kappa shape index (κ3) is 3.57. The highest BCUT2D eigenvalue weighted by Crippen LogP contribution is 2.19. The fourth-order valence-electron chi connectivity index (χ4n) is 1.28. The van der Waals surface area contributed by atoms with E-state index in [2.05, 4.69) is 26.8 Å². The van der Waals surface area contributed by atoms with Crippen molar-refractivity contribution in [1.82, 2.24) is 0 Å². The Bertz CT molecular complexity index is 555. The number of benzene rings is 2. The minimum Gasteiger partial charge on any atom is -0.205 e.